The smallest absolute Gasteiger partial charge is 0.266 e. The lowest BCUT2D eigenvalue weighted by Crippen LogP contribution is -2.18. The van der Waals surface area contributed by atoms with Crippen molar-refractivity contribution < 1.29 is 25.9 Å². The fourth-order valence-electron chi connectivity index (χ4n) is 0.380. The number of nitrogens with two attached hydrogens (primary N) is 1. The Hall–Kier alpha value is -0.260. The second-order valence-corrected chi connectivity index (χ2v) is 5.61. The molecule has 0 heterocycles. The highest BCUT2D eigenvalue weighted by molar-refractivity contribution is 7.86. The molecule has 0 fully saturated rings. The molecule has 0 spiro atoms. The molecule has 0 radical (unpaired) electrons. The summed E-state index contributed by atoms with van der Waals surface area (Å²) >= 11 is 0. The van der Waals surface area contributed by atoms with Gasteiger partial charge in [-0.3, -0.25) is 9.11 Å². The van der Waals surface area contributed by atoms with Gasteiger partial charge in [0.05, 0.1) is 11.5 Å². The zero-order valence-corrected chi connectivity index (χ0v) is 9.88. The van der Waals surface area contributed by atoms with Crippen molar-refractivity contribution in [1.29, 1.82) is 0 Å². The summed E-state index contributed by atoms with van der Waals surface area (Å²) in [6.45, 7) is 0.262. The number of hydrogen-bond donors (Lipinski definition) is 4. The van der Waals surface area contributed by atoms with Crippen molar-refractivity contribution in [1.82, 2.24) is 5.32 Å². The minimum absolute atomic E-state index is 0.0289. The Morgan fingerprint density at radius 1 is 1.07 bits per heavy atom. The van der Waals surface area contributed by atoms with E-state index in [2.05, 4.69) is 5.32 Å². The summed E-state index contributed by atoms with van der Waals surface area (Å²) in [6, 6.07) is 0. The third-order valence-electron chi connectivity index (χ3n) is 0.986. The second kappa shape index (κ2) is 7.96. The largest absolute Gasteiger partial charge is 0.329 e. The molecule has 0 bridgehead atoms. The Kier molecular flexibility index (Phi) is 9.10. The minimum Gasteiger partial charge on any atom is -0.329 e. The van der Waals surface area contributed by atoms with Crippen LogP contribution in [0.5, 0.6) is 0 Å². The van der Waals surface area contributed by atoms with Gasteiger partial charge >= 0.3 is 0 Å². The van der Waals surface area contributed by atoms with Gasteiger partial charge in [-0.15, -0.1) is 0 Å². The Morgan fingerprint density at radius 3 is 1.53 bits per heavy atom. The molecule has 10 heteroatoms. The van der Waals surface area contributed by atoms with E-state index in [1.807, 2.05) is 0 Å². The lowest BCUT2D eigenvalue weighted by atomic mass is 10.8. The Balaban J connectivity index is 0. The molecule has 0 amide bonds. The maximum atomic E-state index is 9.91. The minimum atomic E-state index is -3.80. The van der Waals surface area contributed by atoms with E-state index in [-0.39, 0.29) is 18.1 Å². The molecule has 0 unspecified atom stereocenters. The summed E-state index contributed by atoms with van der Waals surface area (Å²) in [5, 5.41) is 2.59. The van der Waals surface area contributed by atoms with E-state index in [4.69, 9.17) is 14.8 Å². The third kappa shape index (κ3) is 24.8. The Labute approximate surface area is 89.4 Å². The fourth-order valence-corrected chi connectivity index (χ4v) is 1.14. The molecule has 0 atom stereocenters. The van der Waals surface area contributed by atoms with E-state index >= 15 is 0 Å². The number of nitrogens with one attached hydrogen (secondary N) is 1. The molecule has 0 aliphatic heterocycles. The van der Waals surface area contributed by atoms with Gasteiger partial charge in [0.2, 0.25) is 0 Å². The van der Waals surface area contributed by atoms with Crippen LogP contribution in [0.15, 0.2) is 0 Å². The highest BCUT2D eigenvalue weighted by Gasteiger charge is 2.00. The summed E-state index contributed by atoms with van der Waals surface area (Å²) in [5.41, 5.74) is 4.78. The van der Waals surface area contributed by atoms with E-state index < -0.39 is 20.2 Å². The standard InChI is InChI=1S/C3H9NO3S.C2H7NO3S/c1-4-2-3-8(5,6)7;3-1-2-7(4,5)6/h4H,2-3H2,1H3,(H,5,6,7);1-3H2,(H,4,5,6). The Bertz CT molecular complexity index is 335. The third-order valence-corrected chi connectivity index (χ3v) is 2.46. The van der Waals surface area contributed by atoms with E-state index in [0.29, 0.717) is 6.54 Å². The summed E-state index contributed by atoms with van der Waals surface area (Å²) in [5.74, 6) is -0.573. The van der Waals surface area contributed by atoms with Gasteiger partial charge < -0.3 is 11.1 Å². The van der Waals surface area contributed by atoms with Crippen LogP contribution in [0.4, 0.5) is 0 Å². The SMILES string of the molecule is CNCCS(=O)(=O)O.NCCS(=O)(=O)O. The molecule has 5 N–H and O–H groups in total. The second-order valence-electron chi connectivity index (χ2n) is 2.46. The Morgan fingerprint density at radius 2 is 1.47 bits per heavy atom. The molecule has 0 rings (SSSR count). The van der Waals surface area contributed by atoms with Crippen molar-refractivity contribution in [2.45, 2.75) is 0 Å². The molecule has 0 aromatic heterocycles. The highest BCUT2D eigenvalue weighted by atomic mass is 32.2. The molecule has 0 aliphatic carbocycles. The van der Waals surface area contributed by atoms with Crippen LogP contribution < -0.4 is 11.1 Å². The summed E-state index contributed by atoms with van der Waals surface area (Å²) < 4.78 is 55.2. The molecule has 15 heavy (non-hydrogen) atoms. The van der Waals surface area contributed by atoms with Gasteiger partial charge in [-0.25, -0.2) is 0 Å². The van der Waals surface area contributed by atoms with Crippen LogP contribution in [0.25, 0.3) is 0 Å². The zero-order chi connectivity index (χ0) is 12.5. The molecule has 8 nitrogen and oxygen atoms in total. The number of hydrogen-bond acceptors (Lipinski definition) is 6. The normalized spacial score (nSPS) is 11.7. The molecule has 0 saturated carbocycles. The molecule has 0 aromatic carbocycles. The molecule has 94 valence electrons. The van der Waals surface area contributed by atoms with Crippen LogP contribution in [0.1, 0.15) is 0 Å². The summed E-state index contributed by atoms with van der Waals surface area (Å²) in [6.07, 6.45) is 0. The first-order valence-electron chi connectivity index (χ1n) is 3.87. The van der Waals surface area contributed by atoms with E-state index in [1.54, 1.807) is 7.05 Å². The first kappa shape index (κ1) is 17.1. The van der Waals surface area contributed by atoms with Crippen molar-refractivity contribution in [3.05, 3.63) is 0 Å². The summed E-state index contributed by atoms with van der Waals surface area (Å²) in [7, 11) is -5.93. The van der Waals surface area contributed by atoms with Crippen LogP contribution in [0.2, 0.25) is 0 Å². The maximum Gasteiger partial charge on any atom is 0.266 e. The molecule has 0 aliphatic rings. The molecule has 0 saturated heterocycles. The van der Waals surface area contributed by atoms with Crippen molar-refractivity contribution >= 4 is 20.2 Å². The van der Waals surface area contributed by atoms with Gasteiger partial charge in [-0.05, 0) is 7.05 Å². The van der Waals surface area contributed by atoms with E-state index in [1.165, 1.54) is 0 Å². The van der Waals surface area contributed by atoms with Crippen LogP contribution in [-0.2, 0) is 20.2 Å². The predicted molar refractivity (Wildman–Crippen MR) is 55.8 cm³/mol. The van der Waals surface area contributed by atoms with Crippen LogP contribution in [-0.4, -0.2) is 57.6 Å². The average molecular weight is 264 g/mol. The fraction of sp³-hybridized carbons (Fsp3) is 1.00. The van der Waals surface area contributed by atoms with Gasteiger partial charge in [0, 0.05) is 13.1 Å². The van der Waals surface area contributed by atoms with E-state index in [0.717, 1.165) is 0 Å². The molecular weight excluding hydrogens is 248 g/mol. The zero-order valence-electron chi connectivity index (χ0n) is 8.25. The van der Waals surface area contributed by atoms with Crippen molar-refractivity contribution in [3.63, 3.8) is 0 Å². The lowest BCUT2D eigenvalue weighted by molar-refractivity contribution is 0.480. The van der Waals surface area contributed by atoms with Gasteiger partial charge in [0.1, 0.15) is 0 Å². The van der Waals surface area contributed by atoms with Gasteiger partial charge in [0.15, 0.2) is 0 Å². The lowest BCUT2D eigenvalue weighted by Gasteiger charge is -1.92. The quantitative estimate of drug-likeness (QED) is 0.414. The summed E-state index contributed by atoms with van der Waals surface area (Å²) in [4.78, 5) is 0. The van der Waals surface area contributed by atoms with Crippen molar-refractivity contribution in [2.75, 3.05) is 31.6 Å². The number of rotatable bonds is 5. The first-order chi connectivity index (χ1) is 6.62. The van der Waals surface area contributed by atoms with Gasteiger partial charge in [-0.2, -0.15) is 16.8 Å². The maximum absolute atomic E-state index is 9.91. The monoisotopic (exact) mass is 264 g/mol. The molecular formula is C5H16N2O6S2. The first-order valence-corrected chi connectivity index (χ1v) is 7.09. The van der Waals surface area contributed by atoms with Gasteiger partial charge in [0.25, 0.3) is 20.2 Å². The topological polar surface area (TPSA) is 147 Å². The van der Waals surface area contributed by atoms with Crippen LogP contribution in [0.3, 0.4) is 0 Å². The van der Waals surface area contributed by atoms with Crippen LogP contribution in [0, 0.1) is 0 Å². The van der Waals surface area contributed by atoms with E-state index in [9.17, 15) is 16.8 Å². The highest BCUT2D eigenvalue weighted by Crippen LogP contribution is 1.76. The predicted octanol–water partition coefficient (Wildman–Crippen LogP) is -2.07. The van der Waals surface area contributed by atoms with Crippen molar-refractivity contribution in [2.24, 2.45) is 5.73 Å². The van der Waals surface area contributed by atoms with Gasteiger partial charge in [-0.1, -0.05) is 0 Å². The van der Waals surface area contributed by atoms with Crippen LogP contribution >= 0.6 is 0 Å². The average Bonchev–Trinajstić information content (AvgIpc) is 1.98. The molecule has 0 aromatic rings. The van der Waals surface area contributed by atoms with Crippen molar-refractivity contribution in [3.8, 4) is 0 Å².